The summed E-state index contributed by atoms with van der Waals surface area (Å²) in [6.45, 7) is 0. The minimum atomic E-state index is -1.05. The van der Waals surface area contributed by atoms with Gasteiger partial charge in [0.15, 0.2) is 0 Å². The molecule has 0 aliphatic rings. The van der Waals surface area contributed by atoms with Gasteiger partial charge in [-0.15, -0.1) is 0 Å². The Morgan fingerprint density at radius 2 is 1.08 bits per heavy atom. The molecular formula is C8H12CdO4. The van der Waals surface area contributed by atoms with Crippen molar-refractivity contribution in [2.45, 2.75) is 38.5 Å². The summed E-state index contributed by atoms with van der Waals surface area (Å²) in [7, 11) is 0. The summed E-state index contributed by atoms with van der Waals surface area (Å²) in [5, 5.41) is 19.8. The Hall–Kier alpha value is -0.138. The third kappa shape index (κ3) is 14.7. The molecule has 0 aliphatic heterocycles. The Kier molecular flexibility index (Phi) is 11.7. The minimum absolute atomic E-state index is 0. The molecule has 4 nitrogen and oxygen atoms in total. The summed E-state index contributed by atoms with van der Waals surface area (Å²) < 4.78 is 0. The fourth-order valence-corrected chi connectivity index (χ4v) is 0.892. The van der Waals surface area contributed by atoms with Gasteiger partial charge in [0.1, 0.15) is 0 Å². The van der Waals surface area contributed by atoms with Gasteiger partial charge in [-0.2, -0.15) is 0 Å². The first-order valence-electron chi connectivity index (χ1n) is 4.02. The standard InChI is InChI=1S/C8H14O4.Cd/c9-7(10)5-3-1-2-4-6-8(11)12;/h1-6H2,(H,9,10)(H,11,12);/q;+2/p-2. The van der Waals surface area contributed by atoms with Crippen molar-refractivity contribution in [2.24, 2.45) is 0 Å². The number of hydrogen-bond acceptors (Lipinski definition) is 4. The number of carbonyl (C=O) groups is 2. The molecule has 5 heteroatoms. The van der Waals surface area contributed by atoms with Crippen LogP contribution in [-0.2, 0) is 36.9 Å². The van der Waals surface area contributed by atoms with Crippen LogP contribution in [0.5, 0.6) is 0 Å². The molecule has 0 heterocycles. The summed E-state index contributed by atoms with van der Waals surface area (Å²) in [5.41, 5.74) is 0. The summed E-state index contributed by atoms with van der Waals surface area (Å²) >= 11 is 0. The number of unbranched alkanes of at least 4 members (excludes halogenated alkanes) is 3. The Labute approximate surface area is 97.5 Å². The van der Waals surface area contributed by atoms with E-state index in [2.05, 4.69) is 0 Å². The second-order valence-electron chi connectivity index (χ2n) is 2.66. The Balaban J connectivity index is 0. The number of hydrogen-bond donors (Lipinski definition) is 0. The molecule has 0 saturated heterocycles. The van der Waals surface area contributed by atoms with Crippen molar-refractivity contribution in [3.05, 3.63) is 0 Å². The van der Waals surface area contributed by atoms with Crippen LogP contribution in [0.15, 0.2) is 0 Å². The van der Waals surface area contributed by atoms with Gasteiger partial charge in [0.05, 0.1) is 0 Å². The summed E-state index contributed by atoms with van der Waals surface area (Å²) in [4.78, 5) is 19.8. The maximum atomic E-state index is 9.92. The molecule has 0 aromatic heterocycles. The molecule has 13 heavy (non-hydrogen) atoms. The molecule has 0 atom stereocenters. The Bertz CT molecular complexity index is 140. The Morgan fingerprint density at radius 1 is 0.769 bits per heavy atom. The van der Waals surface area contributed by atoms with Crippen molar-refractivity contribution in [3.63, 3.8) is 0 Å². The number of carbonyl (C=O) groups excluding carboxylic acids is 2. The van der Waals surface area contributed by atoms with E-state index in [9.17, 15) is 19.8 Å². The van der Waals surface area contributed by atoms with Crippen LogP contribution in [0.1, 0.15) is 38.5 Å². The first kappa shape index (κ1) is 15.3. The average Bonchev–Trinajstić information content (AvgIpc) is 1.95. The van der Waals surface area contributed by atoms with Crippen molar-refractivity contribution < 1.29 is 47.1 Å². The molecule has 0 rings (SSSR count). The van der Waals surface area contributed by atoms with Crippen molar-refractivity contribution in [2.75, 3.05) is 0 Å². The number of carboxylic acid groups (broad SMARTS) is 2. The summed E-state index contributed by atoms with van der Waals surface area (Å²) in [5.74, 6) is -2.09. The predicted molar refractivity (Wildman–Crippen MR) is 37.7 cm³/mol. The summed E-state index contributed by atoms with van der Waals surface area (Å²) in [6, 6.07) is 0. The molecule has 0 aliphatic carbocycles. The van der Waals surface area contributed by atoms with Gasteiger partial charge in [0.25, 0.3) is 0 Å². The van der Waals surface area contributed by atoms with Crippen molar-refractivity contribution in [1.29, 1.82) is 0 Å². The molecule has 0 N–H and O–H groups in total. The van der Waals surface area contributed by atoms with Crippen LogP contribution in [0.2, 0.25) is 0 Å². The predicted octanol–water partition coefficient (Wildman–Crippen LogP) is -1.18. The molecule has 0 unspecified atom stereocenters. The van der Waals surface area contributed by atoms with E-state index in [1.807, 2.05) is 0 Å². The zero-order valence-corrected chi connectivity index (χ0v) is 11.6. The third-order valence-corrected chi connectivity index (χ3v) is 1.51. The second kappa shape index (κ2) is 9.95. The van der Waals surface area contributed by atoms with Crippen LogP contribution in [-0.4, -0.2) is 11.9 Å². The maximum absolute atomic E-state index is 9.92. The van der Waals surface area contributed by atoms with Crippen LogP contribution in [0.4, 0.5) is 0 Å². The van der Waals surface area contributed by atoms with E-state index in [0.717, 1.165) is 12.8 Å². The van der Waals surface area contributed by atoms with E-state index in [1.165, 1.54) is 0 Å². The quantitative estimate of drug-likeness (QED) is 0.435. The van der Waals surface area contributed by atoms with Crippen molar-refractivity contribution >= 4 is 11.9 Å². The monoisotopic (exact) mass is 286 g/mol. The second-order valence-corrected chi connectivity index (χ2v) is 2.66. The first-order chi connectivity index (χ1) is 5.63. The van der Waals surface area contributed by atoms with Gasteiger partial charge in [0.2, 0.25) is 0 Å². The van der Waals surface area contributed by atoms with Crippen LogP contribution >= 0.6 is 0 Å². The largest absolute Gasteiger partial charge is 2.00 e. The van der Waals surface area contributed by atoms with E-state index >= 15 is 0 Å². The SMILES string of the molecule is O=C([O-])CCCCCCC(=O)[O-].[Cd+2]. The van der Waals surface area contributed by atoms with Crippen molar-refractivity contribution in [3.8, 4) is 0 Å². The number of carboxylic acids is 2. The molecule has 0 radical (unpaired) electrons. The number of rotatable bonds is 7. The maximum Gasteiger partial charge on any atom is 2.00 e. The molecule has 0 amide bonds. The summed E-state index contributed by atoms with van der Waals surface area (Å²) in [6.07, 6.45) is 2.73. The smallest absolute Gasteiger partial charge is 0.550 e. The fraction of sp³-hybridized carbons (Fsp3) is 0.750. The van der Waals surface area contributed by atoms with Gasteiger partial charge in [-0.3, -0.25) is 0 Å². The van der Waals surface area contributed by atoms with Crippen LogP contribution in [0.3, 0.4) is 0 Å². The molecule has 0 spiro atoms. The van der Waals surface area contributed by atoms with E-state index in [-0.39, 0.29) is 40.1 Å². The van der Waals surface area contributed by atoms with E-state index < -0.39 is 11.9 Å². The van der Waals surface area contributed by atoms with Gasteiger partial charge in [-0.25, -0.2) is 0 Å². The van der Waals surface area contributed by atoms with Gasteiger partial charge in [0, 0.05) is 11.9 Å². The molecular weight excluding hydrogens is 272 g/mol. The van der Waals surface area contributed by atoms with E-state index in [4.69, 9.17) is 0 Å². The van der Waals surface area contributed by atoms with Crippen molar-refractivity contribution in [1.82, 2.24) is 0 Å². The normalized spacial score (nSPS) is 8.92. The Morgan fingerprint density at radius 3 is 1.31 bits per heavy atom. The third-order valence-electron chi connectivity index (χ3n) is 1.51. The average molecular weight is 285 g/mol. The zero-order chi connectivity index (χ0) is 9.40. The minimum Gasteiger partial charge on any atom is -0.550 e. The van der Waals surface area contributed by atoms with Gasteiger partial charge >= 0.3 is 27.3 Å². The number of aliphatic carboxylic acids is 2. The van der Waals surface area contributed by atoms with Gasteiger partial charge < -0.3 is 19.8 Å². The first-order valence-corrected chi connectivity index (χ1v) is 4.02. The molecule has 0 aromatic rings. The fourth-order valence-electron chi connectivity index (χ4n) is 0.892. The topological polar surface area (TPSA) is 80.3 Å². The molecule has 70 valence electrons. The van der Waals surface area contributed by atoms with Gasteiger partial charge in [-0.1, -0.05) is 12.8 Å². The molecule has 0 fully saturated rings. The van der Waals surface area contributed by atoms with Crippen LogP contribution in [0, 0.1) is 0 Å². The molecule has 0 saturated carbocycles. The van der Waals surface area contributed by atoms with Gasteiger partial charge in [-0.05, 0) is 25.7 Å². The van der Waals surface area contributed by atoms with E-state index in [1.54, 1.807) is 0 Å². The molecule has 0 bridgehead atoms. The van der Waals surface area contributed by atoms with Crippen LogP contribution < -0.4 is 10.2 Å². The van der Waals surface area contributed by atoms with E-state index in [0.29, 0.717) is 12.8 Å². The molecule has 0 aromatic carbocycles. The van der Waals surface area contributed by atoms with Crippen LogP contribution in [0.25, 0.3) is 0 Å². The zero-order valence-electron chi connectivity index (χ0n) is 7.58.